The van der Waals surface area contributed by atoms with Crippen LogP contribution in [-0.2, 0) is 9.53 Å². The van der Waals surface area contributed by atoms with Crippen LogP contribution < -0.4 is 0 Å². The quantitative estimate of drug-likeness (QED) is 0.647. The Morgan fingerprint density at radius 2 is 2.33 bits per heavy atom. The zero-order valence-corrected chi connectivity index (χ0v) is 8.22. The summed E-state index contributed by atoms with van der Waals surface area (Å²) in [5.74, 6) is 0.911. The third-order valence-corrected chi connectivity index (χ3v) is 3.18. The number of ether oxygens (including phenoxy) is 1. The summed E-state index contributed by atoms with van der Waals surface area (Å²) in [6, 6.07) is 0. The second kappa shape index (κ2) is 3.56. The Kier molecular flexibility index (Phi) is 2.89. The fraction of sp³-hybridized carbons (Fsp3) is 0.900. The molecule has 2 atom stereocenters. The minimum absolute atomic E-state index is 0.201. The Morgan fingerprint density at radius 1 is 1.67 bits per heavy atom. The van der Waals surface area contributed by atoms with Gasteiger partial charge in [0.05, 0.1) is 0 Å². The van der Waals surface area contributed by atoms with Gasteiger partial charge in [0.25, 0.3) is 0 Å². The van der Waals surface area contributed by atoms with Gasteiger partial charge in [-0.1, -0.05) is 13.8 Å². The summed E-state index contributed by atoms with van der Waals surface area (Å²) in [6.07, 6.45) is 2.55. The van der Waals surface area contributed by atoms with E-state index in [4.69, 9.17) is 4.74 Å². The average Bonchev–Trinajstić information content (AvgIpc) is 2.33. The molecule has 0 spiro atoms. The van der Waals surface area contributed by atoms with Crippen LogP contribution in [0.1, 0.15) is 33.1 Å². The normalized spacial score (nSPS) is 32.4. The number of Topliss-reactive ketones (excluding diaryl/α,β-unsaturated/α-hetero) is 1. The molecular formula is C10H18O2. The number of carbonyl (C=O) groups is 1. The van der Waals surface area contributed by atoms with E-state index in [2.05, 4.69) is 13.8 Å². The summed E-state index contributed by atoms with van der Waals surface area (Å²) in [5, 5.41) is 0. The number of methoxy groups -OCH3 is 1. The number of carbonyl (C=O) groups excluding carboxylic acids is 1. The van der Waals surface area contributed by atoms with E-state index in [9.17, 15) is 4.79 Å². The van der Waals surface area contributed by atoms with Gasteiger partial charge in [0.2, 0.25) is 0 Å². The van der Waals surface area contributed by atoms with Gasteiger partial charge < -0.3 is 4.74 Å². The lowest BCUT2D eigenvalue weighted by Gasteiger charge is -2.29. The van der Waals surface area contributed by atoms with Crippen LogP contribution in [0.4, 0.5) is 0 Å². The van der Waals surface area contributed by atoms with Crippen LogP contribution in [0.15, 0.2) is 0 Å². The minimum Gasteiger partial charge on any atom is -0.384 e. The standard InChI is InChI=1S/C10H18O2/c1-8(7-12-3)10(2)5-4-9(11)6-10/h8H,4-7H2,1-3H3. The number of hydrogen-bond acceptors (Lipinski definition) is 2. The van der Waals surface area contributed by atoms with Gasteiger partial charge in [0.1, 0.15) is 5.78 Å². The highest BCUT2D eigenvalue weighted by molar-refractivity contribution is 5.81. The molecule has 0 amide bonds. The molecule has 0 N–H and O–H groups in total. The van der Waals surface area contributed by atoms with Crippen LogP contribution in [0.2, 0.25) is 0 Å². The minimum atomic E-state index is 0.201. The maximum Gasteiger partial charge on any atom is 0.133 e. The third-order valence-electron chi connectivity index (χ3n) is 3.18. The molecule has 2 unspecified atom stereocenters. The Hall–Kier alpha value is -0.370. The fourth-order valence-electron chi connectivity index (χ4n) is 1.92. The highest BCUT2D eigenvalue weighted by atomic mass is 16.5. The van der Waals surface area contributed by atoms with E-state index in [1.807, 2.05) is 0 Å². The predicted molar refractivity (Wildman–Crippen MR) is 48.0 cm³/mol. The van der Waals surface area contributed by atoms with Crippen LogP contribution in [0, 0.1) is 11.3 Å². The number of rotatable bonds is 3. The Labute approximate surface area is 74.3 Å². The van der Waals surface area contributed by atoms with Crippen molar-refractivity contribution in [2.24, 2.45) is 11.3 Å². The lowest BCUT2D eigenvalue weighted by molar-refractivity contribution is -0.118. The van der Waals surface area contributed by atoms with Crippen molar-refractivity contribution in [2.75, 3.05) is 13.7 Å². The van der Waals surface area contributed by atoms with Crippen molar-refractivity contribution < 1.29 is 9.53 Å². The van der Waals surface area contributed by atoms with E-state index in [0.29, 0.717) is 11.7 Å². The molecule has 12 heavy (non-hydrogen) atoms. The van der Waals surface area contributed by atoms with Crippen molar-refractivity contribution in [1.82, 2.24) is 0 Å². The maximum atomic E-state index is 11.1. The summed E-state index contributed by atoms with van der Waals surface area (Å²) >= 11 is 0. The first-order chi connectivity index (χ1) is 5.58. The highest BCUT2D eigenvalue weighted by Gasteiger charge is 2.38. The molecule has 0 aliphatic heterocycles. The summed E-state index contributed by atoms with van der Waals surface area (Å²) in [7, 11) is 1.72. The van der Waals surface area contributed by atoms with Gasteiger partial charge in [-0.05, 0) is 17.8 Å². The van der Waals surface area contributed by atoms with Gasteiger partial charge in [-0.15, -0.1) is 0 Å². The lowest BCUT2D eigenvalue weighted by atomic mass is 9.77. The van der Waals surface area contributed by atoms with Crippen LogP contribution in [0.25, 0.3) is 0 Å². The van der Waals surface area contributed by atoms with Gasteiger partial charge in [0, 0.05) is 26.6 Å². The van der Waals surface area contributed by atoms with E-state index >= 15 is 0 Å². The zero-order chi connectivity index (χ0) is 9.19. The molecule has 1 rings (SSSR count). The molecule has 1 saturated carbocycles. The average molecular weight is 170 g/mol. The molecule has 0 bridgehead atoms. The molecule has 0 heterocycles. The first kappa shape index (κ1) is 9.72. The van der Waals surface area contributed by atoms with E-state index in [0.717, 1.165) is 25.9 Å². The molecule has 70 valence electrons. The maximum absolute atomic E-state index is 11.1. The Morgan fingerprint density at radius 3 is 2.75 bits per heavy atom. The lowest BCUT2D eigenvalue weighted by Crippen LogP contribution is -2.25. The highest BCUT2D eigenvalue weighted by Crippen LogP contribution is 2.41. The van der Waals surface area contributed by atoms with Gasteiger partial charge >= 0.3 is 0 Å². The van der Waals surface area contributed by atoms with Gasteiger partial charge in [-0.2, -0.15) is 0 Å². The smallest absolute Gasteiger partial charge is 0.133 e. The number of hydrogen-bond donors (Lipinski definition) is 0. The molecule has 2 heteroatoms. The molecule has 1 aliphatic rings. The first-order valence-electron chi connectivity index (χ1n) is 4.59. The molecular weight excluding hydrogens is 152 g/mol. The van der Waals surface area contributed by atoms with E-state index in [-0.39, 0.29) is 5.41 Å². The SMILES string of the molecule is COCC(C)C1(C)CCC(=O)C1. The summed E-state index contributed by atoms with van der Waals surface area (Å²) < 4.78 is 5.11. The van der Waals surface area contributed by atoms with E-state index < -0.39 is 0 Å². The largest absolute Gasteiger partial charge is 0.384 e. The Balaban J connectivity index is 2.53. The Bertz CT molecular complexity index is 177. The molecule has 0 aromatic rings. The zero-order valence-electron chi connectivity index (χ0n) is 8.22. The summed E-state index contributed by atoms with van der Waals surface area (Å²) in [6.45, 7) is 5.13. The van der Waals surface area contributed by atoms with Crippen LogP contribution in [0.5, 0.6) is 0 Å². The van der Waals surface area contributed by atoms with Gasteiger partial charge in [0.15, 0.2) is 0 Å². The van der Waals surface area contributed by atoms with Crippen molar-refractivity contribution in [3.8, 4) is 0 Å². The van der Waals surface area contributed by atoms with E-state index in [1.54, 1.807) is 7.11 Å². The van der Waals surface area contributed by atoms with Gasteiger partial charge in [-0.25, -0.2) is 0 Å². The molecule has 1 aliphatic carbocycles. The molecule has 0 aromatic carbocycles. The van der Waals surface area contributed by atoms with Crippen LogP contribution in [0.3, 0.4) is 0 Å². The second-order valence-corrected chi connectivity index (χ2v) is 4.23. The topological polar surface area (TPSA) is 26.3 Å². The van der Waals surface area contributed by atoms with Crippen molar-refractivity contribution in [2.45, 2.75) is 33.1 Å². The van der Waals surface area contributed by atoms with Crippen molar-refractivity contribution >= 4 is 5.78 Å². The monoisotopic (exact) mass is 170 g/mol. The number of ketones is 1. The molecule has 0 saturated heterocycles. The molecule has 0 radical (unpaired) electrons. The first-order valence-corrected chi connectivity index (χ1v) is 4.59. The molecule has 1 fully saturated rings. The van der Waals surface area contributed by atoms with Gasteiger partial charge in [-0.3, -0.25) is 4.79 Å². The second-order valence-electron chi connectivity index (χ2n) is 4.23. The van der Waals surface area contributed by atoms with Crippen molar-refractivity contribution in [3.63, 3.8) is 0 Å². The third kappa shape index (κ3) is 1.86. The van der Waals surface area contributed by atoms with Crippen molar-refractivity contribution in [3.05, 3.63) is 0 Å². The van der Waals surface area contributed by atoms with E-state index in [1.165, 1.54) is 0 Å². The van der Waals surface area contributed by atoms with Crippen LogP contribution in [-0.4, -0.2) is 19.5 Å². The predicted octanol–water partition coefficient (Wildman–Crippen LogP) is 2.03. The molecule has 2 nitrogen and oxygen atoms in total. The van der Waals surface area contributed by atoms with Crippen LogP contribution >= 0.6 is 0 Å². The fourth-order valence-corrected chi connectivity index (χ4v) is 1.92. The summed E-state index contributed by atoms with van der Waals surface area (Å²) in [4.78, 5) is 11.1. The van der Waals surface area contributed by atoms with Crippen molar-refractivity contribution in [1.29, 1.82) is 0 Å². The molecule has 0 aromatic heterocycles. The summed E-state index contributed by atoms with van der Waals surface area (Å²) in [5.41, 5.74) is 0.201.